The molecule has 1 unspecified atom stereocenters. The minimum atomic E-state index is -4.32. The molecule has 1 saturated heterocycles. The quantitative estimate of drug-likeness (QED) is 0.0403. The van der Waals surface area contributed by atoms with Crippen LogP contribution < -0.4 is 14.6 Å². The summed E-state index contributed by atoms with van der Waals surface area (Å²) in [5, 5.41) is 2.57. The molecule has 4 amide bonds. The van der Waals surface area contributed by atoms with E-state index in [1.54, 1.807) is 38.1 Å². The van der Waals surface area contributed by atoms with Crippen LogP contribution in [0.1, 0.15) is 62.5 Å². The van der Waals surface area contributed by atoms with Crippen molar-refractivity contribution in [2.24, 2.45) is 0 Å². The number of carbonyl (C=O) groups excluding carboxylic acids is 5. The number of esters is 2. The normalized spacial score (nSPS) is 16.5. The molecule has 70 heavy (non-hydrogen) atoms. The van der Waals surface area contributed by atoms with Crippen LogP contribution >= 0.6 is 19.6 Å². The van der Waals surface area contributed by atoms with Gasteiger partial charge in [0.05, 0.1) is 26.4 Å². The molecule has 4 aromatic rings. The second-order valence-corrected chi connectivity index (χ2v) is 25.9. The number of hydrogen-bond acceptors (Lipinski definition) is 15. The third-order valence-electron chi connectivity index (χ3n) is 11.7. The van der Waals surface area contributed by atoms with Crippen molar-refractivity contribution in [2.75, 3.05) is 58.4 Å². The first kappa shape index (κ1) is 55.2. The second-order valence-electron chi connectivity index (χ2n) is 18.6. The average molecular weight is 1020 g/mol. The first-order chi connectivity index (χ1) is 33.0. The Morgan fingerprint density at radius 2 is 1.49 bits per heavy atom. The van der Waals surface area contributed by atoms with Crippen molar-refractivity contribution in [1.29, 1.82) is 0 Å². The van der Waals surface area contributed by atoms with Crippen molar-refractivity contribution in [2.45, 2.75) is 83.5 Å². The van der Waals surface area contributed by atoms with Crippen LogP contribution in [-0.4, -0.2) is 113 Å². The van der Waals surface area contributed by atoms with E-state index in [0.29, 0.717) is 22.0 Å². The molecule has 0 radical (unpaired) electrons. The molecule has 0 aromatic heterocycles. The third-order valence-corrected chi connectivity index (χ3v) is 18.3. The monoisotopic (exact) mass is 1020 g/mol. The van der Waals surface area contributed by atoms with Crippen molar-refractivity contribution >= 4 is 63.6 Å². The summed E-state index contributed by atoms with van der Waals surface area (Å²) in [6.45, 7) is 12.4. The molecule has 1 aliphatic heterocycles. The van der Waals surface area contributed by atoms with Gasteiger partial charge in [0, 0.05) is 19.8 Å². The fourth-order valence-corrected chi connectivity index (χ4v) is 9.65. The molecular formula is C50H64N3O14PSSi. The molecule has 4 aromatic carbocycles. The highest BCUT2D eigenvalue weighted by molar-refractivity contribution is 7.98. The van der Waals surface area contributed by atoms with Gasteiger partial charge in [0.2, 0.25) is 0 Å². The Hall–Kier alpha value is -5.69. The van der Waals surface area contributed by atoms with E-state index in [-0.39, 0.29) is 47.2 Å². The molecular weight excluding hydrogens is 958 g/mol. The molecule has 17 nitrogen and oxygen atoms in total. The van der Waals surface area contributed by atoms with Gasteiger partial charge in [-0.1, -0.05) is 81.4 Å². The van der Waals surface area contributed by atoms with E-state index >= 15 is 0 Å². The van der Waals surface area contributed by atoms with Crippen LogP contribution in [0.5, 0.6) is 11.5 Å². The number of benzene rings is 4. The number of phosphoric ester groups is 1. The second kappa shape index (κ2) is 23.9. The van der Waals surface area contributed by atoms with Gasteiger partial charge < -0.3 is 38.1 Å². The molecule has 0 aliphatic carbocycles. The standard InChI is InChI=1S/C50H64N3O14PSSi/c1-49(2,3)70(10,11)67-40-31-63-68(59,64-32-40)66-43-26-17-34(29-41(43)45(55)61-33-44(54)52(6)7)30-62-48(58)53(47(57)51-38-22-24-39(60-8)25-23-38)42(27-28-69-9)46(56)65-50(4,5)37-20-18-36(19-21-37)35-15-13-12-14-16-35/h12-26,29,40,42H,27-28,30-33H2,1-11H3,(H,51,57). The highest BCUT2D eigenvalue weighted by atomic mass is 32.2. The van der Waals surface area contributed by atoms with E-state index in [4.69, 9.17) is 36.9 Å². The number of phosphoric acid groups is 1. The number of hydrogen-bond donors (Lipinski definition) is 1. The number of methoxy groups -OCH3 is 1. The topological polar surface area (TPSA) is 195 Å². The number of imide groups is 1. The number of nitrogens with one attached hydrogen (secondary N) is 1. The van der Waals surface area contributed by atoms with Crippen molar-refractivity contribution in [1.82, 2.24) is 9.80 Å². The summed E-state index contributed by atoms with van der Waals surface area (Å²) in [5.74, 6) is -1.85. The van der Waals surface area contributed by atoms with Crippen LogP contribution in [0.3, 0.4) is 0 Å². The maximum Gasteiger partial charge on any atom is 0.530 e. The van der Waals surface area contributed by atoms with Gasteiger partial charge in [-0.2, -0.15) is 11.8 Å². The summed E-state index contributed by atoms with van der Waals surface area (Å²) < 4.78 is 59.5. The van der Waals surface area contributed by atoms with E-state index < -0.39 is 77.1 Å². The number of amides is 4. The van der Waals surface area contributed by atoms with E-state index in [0.717, 1.165) is 11.1 Å². The Kier molecular flexibility index (Phi) is 18.9. The van der Waals surface area contributed by atoms with Gasteiger partial charge in [-0.05, 0) is 109 Å². The predicted molar refractivity (Wildman–Crippen MR) is 269 cm³/mol. The maximum absolute atomic E-state index is 14.4. The Morgan fingerprint density at radius 3 is 2.07 bits per heavy atom. The zero-order chi connectivity index (χ0) is 51.4. The van der Waals surface area contributed by atoms with Crippen molar-refractivity contribution < 1.29 is 65.5 Å². The van der Waals surface area contributed by atoms with Crippen molar-refractivity contribution in [3.05, 3.63) is 114 Å². The molecule has 0 spiro atoms. The molecule has 5 rings (SSSR count). The Bertz CT molecular complexity index is 2490. The van der Waals surface area contributed by atoms with Crippen molar-refractivity contribution in [3.63, 3.8) is 0 Å². The number of urea groups is 1. The Labute approximate surface area is 415 Å². The lowest BCUT2D eigenvalue weighted by molar-refractivity contribution is -0.162. The molecule has 1 fully saturated rings. The SMILES string of the molecule is COc1ccc(NC(=O)N(C(=O)OCc2ccc(OP3(=O)OCC(O[Si](C)(C)C(C)(C)C)CO3)c(C(=O)OCC(=O)N(C)C)c2)C(CCSC)C(=O)OC(C)(C)c2ccc(-c3ccccc3)cc2)cc1. The van der Waals surface area contributed by atoms with Gasteiger partial charge in [-0.3, -0.25) is 13.8 Å². The minimum Gasteiger partial charge on any atom is -0.497 e. The predicted octanol–water partition coefficient (Wildman–Crippen LogP) is 10.3. The number of anilines is 1. The minimum absolute atomic E-state index is 0.00475. The summed E-state index contributed by atoms with van der Waals surface area (Å²) in [6.07, 6.45) is 0.0737. The summed E-state index contributed by atoms with van der Waals surface area (Å²) in [6, 6.07) is 25.2. The number of carbonyl (C=O) groups is 5. The highest BCUT2D eigenvalue weighted by Crippen LogP contribution is 2.53. The van der Waals surface area contributed by atoms with Crippen LogP contribution in [-0.2, 0) is 54.0 Å². The molecule has 0 saturated carbocycles. The smallest absolute Gasteiger partial charge is 0.497 e. The first-order valence-electron chi connectivity index (χ1n) is 22.5. The molecule has 1 aliphatic rings. The van der Waals surface area contributed by atoms with Gasteiger partial charge in [-0.15, -0.1) is 0 Å². The number of rotatable bonds is 19. The summed E-state index contributed by atoms with van der Waals surface area (Å²) in [5.41, 5.74) is 1.58. The number of ether oxygens (including phenoxy) is 4. The number of thioether (sulfide) groups is 1. The highest BCUT2D eigenvalue weighted by Gasteiger charge is 2.44. The summed E-state index contributed by atoms with van der Waals surface area (Å²) >= 11 is 1.39. The van der Waals surface area contributed by atoms with Crippen LogP contribution in [0, 0.1) is 0 Å². The van der Waals surface area contributed by atoms with E-state index in [1.807, 2.05) is 60.9 Å². The third kappa shape index (κ3) is 14.9. The maximum atomic E-state index is 14.4. The van der Waals surface area contributed by atoms with Crippen LogP contribution in [0.25, 0.3) is 11.1 Å². The molecule has 1 heterocycles. The van der Waals surface area contributed by atoms with Gasteiger partial charge in [0.15, 0.2) is 14.9 Å². The van der Waals surface area contributed by atoms with Gasteiger partial charge in [-0.25, -0.2) is 28.6 Å². The van der Waals surface area contributed by atoms with Crippen LogP contribution in [0.15, 0.2) is 97.1 Å². The fraction of sp³-hybridized carbons (Fsp3) is 0.420. The molecule has 1 N–H and O–H groups in total. The molecule has 20 heteroatoms. The average Bonchev–Trinajstić information content (AvgIpc) is 3.32. The number of likely N-dealkylation sites (N-methyl/N-ethyl adjacent to an activating group) is 1. The number of nitrogens with zero attached hydrogens (tertiary/aromatic N) is 2. The Morgan fingerprint density at radius 1 is 0.857 bits per heavy atom. The van der Waals surface area contributed by atoms with Crippen LogP contribution in [0.4, 0.5) is 15.3 Å². The van der Waals surface area contributed by atoms with E-state index in [1.165, 1.54) is 56.1 Å². The Balaban J connectivity index is 1.41. The summed E-state index contributed by atoms with van der Waals surface area (Å²) in [7, 11) is -2.09. The van der Waals surface area contributed by atoms with Gasteiger partial charge in [0.25, 0.3) is 5.91 Å². The van der Waals surface area contributed by atoms with E-state index in [2.05, 4.69) is 39.2 Å². The zero-order valence-electron chi connectivity index (χ0n) is 41.6. The lowest BCUT2D eigenvalue weighted by atomic mass is 9.95. The van der Waals surface area contributed by atoms with Gasteiger partial charge in [0.1, 0.15) is 35.3 Å². The van der Waals surface area contributed by atoms with E-state index in [9.17, 15) is 28.5 Å². The lowest BCUT2D eigenvalue weighted by Crippen LogP contribution is -2.52. The lowest BCUT2D eigenvalue weighted by Gasteiger charge is -2.40. The zero-order valence-corrected chi connectivity index (χ0v) is 44.3. The van der Waals surface area contributed by atoms with Crippen molar-refractivity contribution in [3.8, 4) is 22.6 Å². The van der Waals surface area contributed by atoms with Crippen LogP contribution in [0.2, 0.25) is 18.1 Å². The largest absolute Gasteiger partial charge is 0.530 e. The fourth-order valence-electron chi connectivity index (χ4n) is 6.59. The molecule has 0 bridgehead atoms. The molecule has 1 atom stereocenters. The summed E-state index contributed by atoms with van der Waals surface area (Å²) in [4.78, 5) is 70.9. The first-order valence-corrected chi connectivity index (χ1v) is 28.3. The van der Waals surface area contributed by atoms with Gasteiger partial charge >= 0.3 is 31.9 Å². The molecule has 378 valence electrons.